The van der Waals surface area contributed by atoms with Crippen molar-refractivity contribution in [2.45, 2.75) is 0 Å². The molecule has 1 heterocycles. The zero-order valence-electron chi connectivity index (χ0n) is 13.8. The SMILES string of the molecule is COc1ccc(OC)c(Nc2cc(Nc3ccc(F)cc3)ncn2)c1. The Balaban J connectivity index is 1.81. The first-order chi connectivity index (χ1) is 12.2. The van der Waals surface area contributed by atoms with Crippen LogP contribution < -0.4 is 20.1 Å². The molecule has 128 valence electrons. The molecule has 0 bridgehead atoms. The molecule has 2 aromatic carbocycles. The van der Waals surface area contributed by atoms with Gasteiger partial charge in [0.25, 0.3) is 0 Å². The van der Waals surface area contributed by atoms with Gasteiger partial charge in [0, 0.05) is 17.8 Å². The third-order valence-electron chi connectivity index (χ3n) is 3.45. The van der Waals surface area contributed by atoms with Crippen molar-refractivity contribution in [3.63, 3.8) is 0 Å². The minimum atomic E-state index is -0.291. The van der Waals surface area contributed by atoms with Crippen molar-refractivity contribution in [3.8, 4) is 11.5 Å². The van der Waals surface area contributed by atoms with E-state index in [0.717, 1.165) is 5.69 Å². The van der Waals surface area contributed by atoms with E-state index in [1.807, 2.05) is 12.1 Å². The van der Waals surface area contributed by atoms with Crippen molar-refractivity contribution in [2.75, 3.05) is 24.9 Å². The molecule has 6 nitrogen and oxygen atoms in total. The van der Waals surface area contributed by atoms with E-state index < -0.39 is 0 Å². The zero-order chi connectivity index (χ0) is 17.6. The van der Waals surface area contributed by atoms with Crippen LogP contribution in [0.15, 0.2) is 54.9 Å². The molecule has 0 aliphatic carbocycles. The Hall–Kier alpha value is -3.35. The van der Waals surface area contributed by atoms with E-state index in [1.54, 1.807) is 38.5 Å². The fourth-order valence-electron chi connectivity index (χ4n) is 2.22. The lowest BCUT2D eigenvalue weighted by atomic mass is 10.2. The molecule has 1 aromatic heterocycles. The number of rotatable bonds is 6. The van der Waals surface area contributed by atoms with Crippen LogP contribution in [0.2, 0.25) is 0 Å². The van der Waals surface area contributed by atoms with Crippen LogP contribution in [0.1, 0.15) is 0 Å². The summed E-state index contributed by atoms with van der Waals surface area (Å²) in [4.78, 5) is 8.37. The van der Waals surface area contributed by atoms with Gasteiger partial charge in [-0.2, -0.15) is 0 Å². The minimum Gasteiger partial charge on any atom is -0.497 e. The molecule has 0 fully saturated rings. The third kappa shape index (κ3) is 4.14. The Bertz CT molecular complexity index is 856. The van der Waals surface area contributed by atoms with E-state index in [9.17, 15) is 4.39 Å². The smallest absolute Gasteiger partial charge is 0.142 e. The number of ether oxygens (including phenoxy) is 2. The molecule has 0 aliphatic heterocycles. The van der Waals surface area contributed by atoms with E-state index in [4.69, 9.17) is 9.47 Å². The summed E-state index contributed by atoms with van der Waals surface area (Å²) in [6.45, 7) is 0. The van der Waals surface area contributed by atoms with Gasteiger partial charge >= 0.3 is 0 Å². The number of hydrogen-bond acceptors (Lipinski definition) is 6. The number of hydrogen-bond donors (Lipinski definition) is 2. The molecule has 0 saturated carbocycles. The molecule has 3 rings (SSSR count). The number of halogens is 1. The van der Waals surface area contributed by atoms with Gasteiger partial charge in [-0.25, -0.2) is 14.4 Å². The van der Waals surface area contributed by atoms with E-state index in [2.05, 4.69) is 20.6 Å². The van der Waals surface area contributed by atoms with Crippen molar-refractivity contribution >= 4 is 23.0 Å². The van der Waals surface area contributed by atoms with Crippen molar-refractivity contribution in [1.29, 1.82) is 0 Å². The molecular weight excluding hydrogens is 323 g/mol. The molecular formula is C18H17FN4O2. The summed E-state index contributed by atoms with van der Waals surface area (Å²) in [6.07, 6.45) is 1.43. The van der Waals surface area contributed by atoms with Gasteiger partial charge in [-0.1, -0.05) is 0 Å². The quantitative estimate of drug-likeness (QED) is 0.703. The second-order valence-corrected chi connectivity index (χ2v) is 5.11. The van der Waals surface area contributed by atoms with Crippen LogP contribution in [0, 0.1) is 5.82 Å². The van der Waals surface area contributed by atoms with Crippen molar-refractivity contribution < 1.29 is 13.9 Å². The maximum atomic E-state index is 13.0. The molecule has 7 heteroatoms. The van der Waals surface area contributed by atoms with Crippen LogP contribution in [0.3, 0.4) is 0 Å². The Kier molecular flexibility index (Phi) is 4.94. The monoisotopic (exact) mass is 340 g/mol. The standard InChI is InChI=1S/C18H17FN4O2/c1-24-14-7-8-16(25-2)15(9-14)23-18-10-17(20-11-21-18)22-13-5-3-12(19)4-6-13/h3-11H,1-2H3,(H2,20,21,22,23). The van der Waals surface area contributed by atoms with Gasteiger partial charge in [-0.15, -0.1) is 0 Å². The highest BCUT2D eigenvalue weighted by Crippen LogP contribution is 2.31. The molecule has 25 heavy (non-hydrogen) atoms. The van der Waals surface area contributed by atoms with E-state index in [0.29, 0.717) is 28.8 Å². The summed E-state index contributed by atoms with van der Waals surface area (Å²) in [7, 11) is 3.19. The van der Waals surface area contributed by atoms with Crippen LogP contribution in [-0.2, 0) is 0 Å². The molecule has 0 unspecified atom stereocenters. The zero-order valence-corrected chi connectivity index (χ0v) is 13.8. The molecule has 2 N–H and O–H groups in total. The Morgan fingerprint density at radius 3 is 2.24 bits per heavy atom. The van der Waals surface area contributed by atoms with Gasteiger partial charge in [-0.3, -0.25) is 0 Å². The molecule has 3 aromatic rings. The molecule has 0 atom stereocenters. The van der Waals surface area contributed by atoms with E-state index in [1.165, 1.54) is 18.5 Å². The molecule has 0 radical (unpaired) electrons. The van der Waals surface area contributed by atoms with Crippen molar-refractivity contribution in [1.82, 2.24) is 9.97 Å². The van der Waals surface area contributed by atoms with Crippen molar-refractivity contribution in [2.24, 2.45) is 0 Å². The summed E-state index contributed by atoms with van der Waals surface area (Å²) in [6, 6.07) is 13.2. The van der Waals surface area contributed by atoms with Crippen LogP contribution in [0.25, 0.3) is 0 Å². The van der Waals surface area contributed by atoms with E-state index >= 15 is 0 Å². The van der Waals surface area contributed by atoms with E-state index in [-0.39, 0.29) is 5.82 Å². The van der Waals surface area contributed by atoms with Gasteiger partial charge < -0.3 is 20.1 Å². The van der Waals surface area contributed by atoms with Crippen LogP contribution in [0.5, 0.6) is 11.5 Å². The first kappa shape index (κ1) is 16.5. The highest BCUT2D eigenvalue weighted by Gasteiger charge is 2.07. The summed E-state index contributed by atoms with van der Waals surface area (Å²) >= 11 is 0. The molecule has 0 aliphatic rings. The number of methoxy groups -OCH3 is 2. The summed E-state index contributed by atoms with van der Waals surface area (Å²) in [5.41, 5.74) is 1.44. The Labute approximate surface area is 144 Å². The number of nitrogens with zero attached hydrogens (tertiary/aromatic N) is 2. The second-order valence-electron chi connectivity index (χ2n) is 5.11. The average molecular weight is 340 g/mol. The fourth-order valence-corrected chi connectivity index (χ4v) is 2.22. The first-order valence-corrected chi connectivity index (χ1v) is 7.51. The van der Waals surface area contributed by atoms with Crippen LogP contribution >= 0.6 is 0 Å². The number of aromatic nitrogens is 2. The third-order valence-corrected chi connectivity index (χ3v) is 3.45. The van der Waals surface area contributed by atoms with Gasteiger partial charge in [0.05, 0.1) is 19.9 Å². The second kappa shape index (κ2) is 7.48. The molecule has 0 saturated heterocycles. The number of benzene rings is 2. The average Bonchev–Trinajstić information content (AvgIpc) is 2.64. The fraction of sp³-hybridized carbons (Fsp3) is 0.111. The lowest BCUT2D eigenvalue weighted by molar-refractivity contribution is 0.405. The van der Waals surface area contributed by atoms with Gasteiger partial charge in [0.1, 0.15) is 35.3 Å². The Morgan fingerprint density at radius 1 is 0.840 bits per heavy atom. The largest absolute Gasteiger partial charge is 0.497 e. The van der Waals surface area contributed by atoms with Crippen LogP contribution in [0.4, 0.5) is 27.4 Å². The Morgan fingerprint density at radius 2 is 1.56 bits per heavy atom. The predicted octanol–water partition coefficient (Wildman–Crippen LogP) is 4.12. The van der Waals surface area contributed by atoms with Gasteiger partial charge in [0.15, 0.2) is 0 Å². The molecule has 0 amide bonds. The lowest BCUT2D eigenvalue weighted by Crippen LogP contribution is -2.00. The predicted molar refractivity (Wildman–Crippen MR) is 94.5 cm³/mol. The summed E-state index contributed by atoms with van der Waals surface area (Å²) in [5.74, 6) is 2.22. The van der Waals surface area contributed by atoms with Crippen LogP contribution in [-0.4, -0.2) is 24.2 Å². The minimum absolute atomic E-state index is 0.291. The first-order valence-electron chi connectivity index (χ1n) is 7.51. The van der Waals surface area contributed by atoms with Crippen molar-refractivity contribution in [3.05, 3.63) is 60.7 Å². The highest BCUT2D eigenvalue weighted by molar-refractivity contribution is 5.68. The maximum Gasteiger partial charge on any atom is 0.142 e. The van der Waals surface area contributed by atoms with Gasteiger partial charge in [0.2, 0.25) is 0 Å². The molecule has 0 spiro atoms. The number of anilines is 4. The van der Waals surface area contributed by atoms with Gasteiger partial charge in [-0.05, 0) is 36.4 Å². The normalized spacial score (nSPS) is 10.2. The summed E-state index contributed by atoms with van der Waals surface area (Å²) < 4.78 is 23.6. The topological polar surface area (TPSA) is 68.3 Å². The highest BCUT2D eigenvalue weighted by atomic mass is 19.1. The lowest BCUT2D eigenvalue weighted by Gasteiger charge is -2.13. The summed E-state index contributed by atoms with van der Waals surface area (Å²) in [5, 5.41) is 6.27. The maximum absolute atomic E-state index is 13.0. The number of nitrogens with one attached hydrogen (secondary N) is 2.